The molecule has 0 heterocycles. The molecule has 0 amide bonds. The van der Waals surface area contributed by atoms with Gasteiger partial charge in [0, 0.05) is 6.42 Å². The van der Waals surface area contributed by atoms with Gasteiger partial charge < -0.3 is 9.84 Å². The first-order valence-corrected chi connectivity index (χ1v) is 8.94. The van der Waals surface area contributed by atoms with Crippen molar-refractivity contribution < 1.29 is 9.84 Å². The van der Waals surface area contributed by atoms with E-state index in [2.05, 4.69) is 72.7 Å². The predicted molar refractivity (Wildman–Crippen MR) is 106 cm³/mol. The van der Waals surface area contributed by atoms with Gasteiger partial charge in [0.2, 0.25) is 0 Å². The number of phenols is 1. The molecular weight excluding hydrogens is 308 g/mol. The summed E-state index contributed by atoms with van der Waals surface area (Å²) in [7, 11) is 1.71. The number of aromatic hydroxyl groups is 1. The quantitative estimate of drug-likeness (QED) is 0.754. The summed E-state index contributed by atoms with van der Waals surface area (Å²) < 4.78 is 5.54. The molecule has 0 unspecified atom stereocenters. The third-order valence-electron chi connectivity index (χ3n) is 4.62. The number of ether oxygens (including phenoxy) is 1. The summed E-state index contributed by atoms with van der Waals surface area (Å²) in [5, 5.41) is 10.9. The van der Waals surface area contributed by atoms with Crippen LogP contribution in [0.3, 0.4) is 0 Å². The molecule has 0 radical (unpaired) electrons. The Balaban J connectivity index is 2.61. The molecule has 0 aliphatic rings. The second kappa shape index (κ2) is 6.74. The van der Waals surface area contributed by atoms with E-state index >= 15 is 0 Å². The Hall–Kier alpha value is -1.96. The molecule has 0 spiro atoms. The lowest BCUT2D eigenvalue weighted by molar-refractivity contribution is 0.410. The van der Waals surface area contributed by atoms with Crippen LogP contribution in [-0.4, -0.2) is 12.2 Å². The van der Waals surface area contributed by atoms with Crippen LogP contribution in [0.15, 0.2) is 30.3 Å². The van der Waals surface area contributed by atoms with Gasteiger partial charge in [-0.05, 0) is 46.1 Å². The van der Waals surface area contributed by atoms with Crippen LogP contribution in [0.25, 0.3) is 0 Å². The summed E-state index contributed by atoms with van der Waals surface area (Å²) in [6, 6.07) is 10.6. The number of phenolic OH excluding ortho intramolecular Hbond substituents is 1. The highest BCUT2D eigenvalue weighted by Gasteiger charge is 2.26. The van der Waals surface area contributed by atoms with Crippen LogP contribution in [0.5, 0.6) is 11.5 Å². The second-order valence-electron chi connectivity index (χ2n) is 9.03. The number of hydrogen-bond acceptors (Lipinski definition) is 2. The van der Waals surface area contributed by atoms with Crippen molar-refractivity contribution in [2.45, 2.75) is 65.7 Å². The maximum atomic E-state index is 10.9. The van der Waals surface area contributed by atoms with Crippen LogP contribution in [0.2, 0.25) is 0 Å². The summed E-state index contributed by atoms with van der Waals surface area (Å²) in [5.74, 6) is 1.34. The van der Waals surface area contributed by atoms with Crippen molar-refractivity contribution in [3.63, 3.8) is 0 Å². The van der Waals surface area contributed by atoms with Crippen molar-refractivity contribution in [1.29, 1.82) is 0 Å². The van der Waals surface area contributed by atoms with Gasteiger partial charge >= 0.3 is 0 Å². The Labute approximate surface area is 152 Å². The van der Waals surface area contributed by atoms with Crippen molar-refractivity contribution in [2.24, 2.45) is 0 Å². The van der Waals surface area contributed by atoms with Crippen LogP contribution in [-0.2, 0) is 17.3 Å². The highest BCUT2D eigenvalue weighted by molar-refractivity contribution is 5.51. The summed E-state index contributed by atoms with van der Waals surface area (Å²) in [5.41, 5.74) is 5.38. The van der Waals surface area contributed by atoms with Crippen LogP contribution < -0.4 is 4.74 Å². The monoisotopic (exact) mass is 340 g/mol. The first-order chi connectivity index (χ1) is 11.4. The van der Waals surface area contributed by atoms with E-state index in [1.807, 2.05) is 6.07 Å². The second-order valence-corrected chi connectivity index (χ2v) is 9.03. The molecule has 0 saturated carbocycles. The first kappa shape index (κ1) is 19.4. The lowest BCUT2D eigenvalue weighted by atomic mass is 9.78. The maximum absolute atomic E-state index is 10.9. The third kappa shape index (κ3) is 4.36. The van der Waals surface area contributed by atoms with E-state index in [1.165, 1.54) is 16.7 Å². The largest absolute Gasteiger partial charge is 0.507 e. The molecule has 0 saturated heterocycles. The molecule has 1 N–H and O–H groups in total. The Morgan fingerprint density at radius 2 is 1.40 bits per heavy atom. The zero-order valence-corrected chi connectivity index (χ0v) is 16.9. The molecule has 2 nitrogen and oxygen atoms in total. The molecule has 136 valence electrons. The molecule has 0 aliphatic carbocycles. The van der Waals surface area contributed by atoms with E-state index < -0.39 is 0 Å². The van der Waals surface area contributed by atoms with Gasteiger partial charge in [0.05, 0.1) is 7.11 Å². The Morgan fingerprint density at radius 3 is 1.84 bits per heavy atom. The maximum Gasteiger partial charge on any atom is 0.123 e. The standard InChI is InChI=1S/C23H32O2/c1-15-9-10-20(25-8)17(11-15)12-16-13-18(22(2,3)4)21(24)19(14-16)23(5,6)7/h9-11,13-14,24H,12H2,1-8H3. The summed E-state index contributed by atoms with van der Waals surface area (Å²) in [6.45, 7) is 15.0. The van der Waals surface area contributed by atoms with Gasteiger partial charge in [-0.1, -0.05) is 71.4 Å². The molecule has 0 aromatic heterocycles. The fourth-order valence-corrected chi connectivity index (χ4v) is 3.21. The molecule has 25 heavy (non-hydrogen) atoms. The SMILES string of the molecule is COc1ccc(C)cc1Cc1cc(C(C)(C)C)c(O)c(C(C)(C)C)c1. The number of hydrogen-bond donors (Lipinski definition) is 1. The molecule has 2 aromatic rings. The van der Waals surface area contributed by atoms with E-state index in [0.717, 1.165) is 23.3 Å². The molecular formula is C23H32O2. The van der Waals surface area contributed by atoms with Crippen molar-refractivity contribution >= 4 is 0 Å². The topological polar surface area (TPSA) is 29.5 Å². The van der Waals surface area contributed by atoms with E-state index in [1.54, 1.807) is 7.11 Å². The molecule has 0 aliphatic heterocycles. The smallest absolute Gasteiger partial charge is 0.123 e. The molecule has 0 atom stereocenters. The van der Waals surface area contributed by atoms with E-state index in [9.17, 15) is 5.11 Å². The van der Waals surface area contributed by atoms with E-state index in [-0.39, 0.29) is 10.8 Å². The van der Waals surface area contributed by atoms with Crippen LogP contribution in [0.4, 0.5) is 0 Å². The van der Waals surface area contributed by atoms with Crippen LogP contribution in [0, 0.1) is 6.92 Å². The fourth-order valence-electron chi connectivity index (χ4n) is 3.21. The molecule has 2 heteroatoms. The average Bonchev–Trinajstić information content (AvgIpc) is 2.47. The van der Waals surface area contributed by atoms with Gasteiger partial charge in [0.25, 0.3) is 0 Å². The summed E-state index contributed by atoms with van der Waals surface area (Å²) in [6.07, 6.45) is 0.789. The predicted octanol–water partition coefficient (Wildman–Crippen LogP) is 5.90. The van der Waals surface area contributed by atoms with Gasteiger partial charge in [-0.2, -0.15) is 0 Å². The van der Waals surface area contributed by atoms with Crippen molar-refractivity contribution in [3.05, 3.63) is 58.1 Å². The zero-order valence-electron chi connectivity index (χ0n) is 16.9. The van der Waals surface area contributed by atoms with Crippen LogP contribution >= 0.6 is 0 Å². The summed E-state index contributed by atoms with van der Waals surface area (Å²) >= 11 is 0. The fraction of sp³-hybridized carbons (Fsp3) is 0.478. The summed E-state index contributed by atoms with van der Waals surface area (Å²) in [4.78, 5) is 0. The van der Waals surface area contributed by atoms with Gasteiger partial charge in [0.1, 0.15) is 11.5 Å². The number of benzene rings is 2. The Morgan fingerprint density at radius 1 is 0.880 bits per heavy atom. The average molecular weight is 341 g/mol. The van der Waals surface area contributed by atoms with E-state index in [4.69, 9.17) is 4.74 Å². The highest BCUT2D eigenvalue weighted by atomic mass is 16.5. The molecule has 0 bridgehead atoms. The molecule has 0 fully saturated rings. The van der Waals surface area contributed by atoms with Gasteiger partial charge in [-0.15, -0.1) is 0 Å². The minimum Gasteiger partial charge on any atom is -0.507 e. The van der Waals surface area contributed by atoms with E-state index in [0.29, 0.717) is 5.75 Å². The third-order valence-corrected chi connectivity index (χ3v) is 4.62. The minimum atomic E-state index is -0.114. The number of rotatable bonds is 3. The van der Waals surface area contributed by atoms with Crippen molar-refractivity contribution in [1.82, 2.24) is 0 Å². The normalized spacial score (nSPS) is 12.3. The first-order valence-electron chi connectivity index (χ1n) is 8.94. The highest BCUT2D eigenvalue weighted by Crippen LogP contribution is 2.40. The van der Waals surface area contributed by atoms with Crippen molar-refractivity contribution in [2.75, 3.05) is 7.11 Å². The number of aryl methyl sites for hydroxylation is 1. The van der Waals surface area contributed by atoms with Crippen molar-refractivity contribution in [3.8, 4) is 11.5 Å². The Kier molecular flexibility index (Phi) is 5.22. The molecule has 2 rings (SSSR count). The lowest BCUT2D eigenvalue weighted by Crippen LogP contribution is -2.18. The number of methoxy groups -OCH3 is 1. The van der Waals surface area contributed by atoms with Gasteiger partial charge in [0.15, 0.2) is 0 Å². The molecule has 2 aromatic carbocycles. The van der Waals surface area contributed by atoms with Gasteiger partial charge in [-0.3, -0.25) is 0 Å². The van der Waals surface area contributed by atoms with Crippen LogP contribution in [0.1, 0.15) is 69.4 Å². The Bertz CT molecular complexity index is 724. The lowest BCUT2D eigenvalue weighted by Gasteiger charge is -2.28. The minimum absolute atomic E-state index is 0.114. The van der Waals surface area contributed by atoms with Gasteiger partial charge in [-0.25, -0.2) is 0 Å². The zero-order chi connectivity index (χ0) is 19.0.